The number of piperidine rings is 1. The third-order valence-corrected chi connectivity index (χ3v) is 6.77. The summed E-state index contributed by atoms with van der Waals surface area (Å²) in [7, 11) is 0. The number of carbonyl (C=O) groups is 2. The molecule has 2 amide bonds. The number of amides is 2. The van der Waals surface area contributed by atoms with Crippen LogP contribution in [0.3, 0.4) is 0 Å². The fraction of sp³-hybridized carbons (Fsp3) is 0.346. The second-order valence-electron chi connectivity index (χ2n) is 9.03. The van der Waals surface area contributed by atoms with E-state index in [1.165, 1.54) is 38.3 Å². The van der Waals surface area contributed by atoms with Crippen LogP contribution in [0.2, 0.25) is 0 Å². The van der Waals surface area contributed by atoms with E-state index in [1.807, 2.05) is 17.0 Å². The molecule has 9 nitrogen and oxygen atoms in total. The van der Waals surface area contributed by atoms with Crippen LogP contribution in [0.1, 0.15) is 46.5 Å². The summed E-state index contributed by atoms with van der Waals surface area (Å²) in [5.41, 5.74) is 8.38. The molecule has 2 aliphatic heterocycles. The van der Waals surface area contributed by atoms with Gasteiger partial charge in [-0.15, -0.1) is 0 Å². The monoisotopic (exact) mass is 471 g/mol. The van der Waals surface area contributed by atoms with Gasteiger partial charge in [0.2, 0.25) is 0 Å². The number of hydrogen-bond acceptors (Lipinski definition) is 7. The molecule has 0 bridgehead atoms. The molecule has 0 saturated carbocycles. The summed E-state index contributed by atoms with van der Waals surface area (Å²) in [6.45, 7) is 3.98. The van der Waals surface area contributed by atoms with Crippen molar-refractivity contribution in [3.05, 3.63) is 66.2 Å². The summed E-state index contributed by atoms with van der Waals surface area (Å²) in [4.78, 5) is 42.8. The number of carbonyl (C=O) groups excluding carboxylic acids is 2. The van der Waals surface area contributed by atoms with Crippen molar-refractivity contribution >= 4 is 23.3 Å². The first-order valence-electron chi connectivity index (χ1n) is 12.1. The van der Waals surface area contributed by atoms with Crippen molar-refractivity contribution in [2.75, 3.05) is 37.2 Å². The quantitative estimate of drug-likeness (QED) is 0.587. The predicted octanol–water partition coefficient (Wildman–Crippen LogP) is 3.07. The number of pyridine rings is 1. The highest BCUT2D eigenvalue weighted by Crippen LogP contribution is 2.24. The Balaban J connectivity index is 1.25. The number of anilines is 2. The maximum atomic E-state index is 13.0. The van der Waals surface area contributed by atoms with E-state index < -0.39 is 5.91 Å². The molecule has 0 aliphatic carbocycles. The molecule has 2 aromatic heterocycles. The zero-order chi connectivity index (χ0) is 24.2. The number of nitrogens with one attached hydrogen (secondary N) is 1. The Morgan fingerprint density at radius 1 is 0.971 bits per heavy atom. The average Bonchev–Trinajstić information content (AvgIpc) is 3.44. The van der Waals surface area contributed by atoms with E-state index in [0.29, 0.717) is 23.0 Å². The van der Waals surface area contributed by atoms with E-state index in [4.69, 9.17) is 5.73 Å². The second kappa shape index (κ2) is 10.2. The molecule has 180 valence electrons. The van der Waals surface area contributed by atoms with E-state index in [-0.39, 0.29) is 17.4 Å². The van der Waals surface area contributed by atoms with Gasteiger partial charge in [-0.25, -0.2) is 9.97 Å². The Bertz CT molecular complexity index is 1190. The highest BCUT2D eigenvalue weighted by Gasteiger charge is 2.28. The zero-order valence-corrected chi connectivity index (χ0v) is 19.6. The first-order valence-corrected chi connectivity index (χ1v) is 12.1. The molecule has 0 spiro atoms. The maximum Gasteiger partial charge on any atom is 0.278 e. The van der Waals surface area contributed by atoms with E-state index in [0.717, 1.165) is 31.5 Å². The van der Waals surface area contributed by atoms with Gasteiger partial charge in [-0.3, -0.25) is 14.6 Å². The van der Waals surface area contributed by atoms with Crippen LogP contribution in [0.15, 0.2) is 55.0 Å². The van der Waals surface area contributed by atoms with E-state index in [2.05, 4.69) is 25.2 Å². The lowest BCUT2D eigenvalue weighted by atomic mass is 10.0. The van der Waals surface area contributed by atoms with Crippen LogP contribution in [0.25, 0.3) is 11.3 Å². The van der Waals surface area contributed by atoms with Crippen LogP contribution in [-0.2, 0) is 0 Å². The van der Waals surface area contributed by atoms with Gasteiger partial charge in [0.1, 0.15) is 0 Å². The van der Waals surface area contributed by atoms with Gasteiger partial charge < -0.3 is 20.9 Å². The largest absolute Gasteiger partial charge is 0.382 e. The molecule has 2 aliphatic rings. The third kappa shape index (κ3) is 5.14. The van der Waals surface area contributed by atoms with Crippen LogP contribution in [0.5, 0.6) is 0 Å². The van der Waals surface area contributed by atoms with Crippen molar-refractivity contribution in [1.29, 1.82) is 0 Å². The molecule has 4 heterocycles. The van der Waals surface area contributed by atoms with Crippen LogP contribution in [-0.4, -0.2) is 68.8 Å². The Morgan fingerprint density at radius 3 is 2.40 bits per heavy atom. The zero-order valence-electron chi connectivity index (χ0n) is 19.6. The number of aromatic nitrogens is 3. The van der Waals surface area contributed by atoms with Crippen LogP contribution in [0.4, 0.5) is 11.5 Å². The molecule has 1 aromatic carbocycles. The summed E-state index contributed by atoms with van der Waals surface area (Å²) in [5.74, 6) is -0.371. The van der Waals surface area contributed by atoms with Gasteiger partial charge in [-0.05, 0) is 63.0 Å². The molecule has 2 fully saturated rings. The molecule has 3 N–H and O–H groups in total. The highest BCUT2D eigenvalue weighted by molar-refractivity contribution is 6.05. The SMILES string of the molecule is Nc1ncc(-c2ccc(C(=O)N3CCC(N4CCCC4)CC3)cc2)nc1C(=O)Nc1cccnc1. The molecule has 0 radical (unpaired) electrons. The smallest absolute Gasteiger partial charge is 0.278 e. The van der Waals surface area contributed by atoms with Crippen molar-refractivity contribution < 1.29 is 9.59 Å². The molecular weight excluding hydrogens is 442 g/mol. The molecule has 35 heavy (non-hydrogen) atoms. The van der Waals surface area contributed by atoms with E-state index in [9.17, 15) is 9.59 Å². The van der Waals surface area contributed by atoms with Crippen LogP contribution < -0.4 is 11.1 Å². The third-order valence-electron chi connectivity index (χ3n) is 6.77. The molecule has 0 atom stereocenters. The standard InChI is InChI=1S/C26H29N7O2/c27-24-23(25(34)30-20-4-3-11-28-16-20)31-22(17-29-24)18-5-7-19(8-6-18)26(35)33-14-9-21(10-15-33)32-12-1-2-13-32/h3-8,11,16-17,21H,1-2,9-10,12-15H2,(H2,27,29)(H,30,34). The number of nitrogen functional groups attached to an aromatic ring is 1. The van der Waals surface area contributed by atoms with Gasteiger partial charge in [0.05, 0.1) is 23.8 Å². The number of nitrogens with two attached hydrogens (primary N) is 1. The number of rotatable bonds is 5. The van der Waals surface area contributed by atoms with E-state index in [1.54, 1.807) is 30.5 Å². The second-order valence-corrected chi connectivity index (χ2v) is 9.03. The Hall–Kier alpha value is -3.85. The summed E-state index contributed by atoms with van der Waals surface area (Å²) >= 11 is 0. The number of hydrogen-bond donors (Lipinski definition) is 2. The molecule has 5 rings (SSSR count). The van der Waals surface area contributed by atoms with Crippen molar-refractivity contribution in [3.8, 4) is 11.3 Å². The maximum absolute atomic E-state index is 13.0. The summed E-state index contributed by atoms with van der Waals surface area (Å²) in [5, 5.41) is 2.72. The number of benzene rings is 1. The van der Waals surface area contributed by atoms with Crippen molar-refractivity contribution in [1.82, 2.24) is 24.8 Å². The normalized spacial score (nSPS) is 16.9. The lowest BCUT2D eigenvalue weighted by Gasteiger charge is -2.36. The topological polar surface area (TPSA) is 117 Å². The fourth-order valence-corrected chi connectivity index (χ4v) is 4.84. The van der Waals surface area contributed by atoms with Crippen molar-refractivity contribution in [2.24, 2.45) is 0 Å². The number of nitrogens with zero attached hydrogens (tertiary/aromatic N) is 5. The first-order chi connectivity index (χ1) is 17.1. The molecular formula is C26H29N7O2. The fourth-order valence-electron chi connectivity index (χ4n) is 4.84. The van der Waals surface area contributed by atoms with Crippen LogP contribution >= 0.6 is 0 Å². The summed E-state index contributed by atoms with van der Waals surface area (Å²) in [6.07, 6.45) is 9.34. The predicted molar refractivity (Wildman–Crippen MR) is 134 cm³/mol. The van der Waals surface area contributed by atoms with Crippen molar-refractivity contribution in [3.63, 3.8) is 0 Å². The lowest BCUT2D eigenvalue weighted by Crippen LogP contribution is -2.45. The molecule has 3 aromatic rings. The summed E-state index contributed by atoms with van der Waals surface area (Å²) in [6, 6.07) is 11.3. The molecule has 2 saturated heterocycles. The summed E-state index contributed by atoms with van der Waals surface area (Å²) < 4.78 is 0. The lowest BCUT2D eigenvalue weighted by molar-refractivity contribution is 0.0644. The minimum absolute atomic E-state index is 0.0346. The van der Waals surface area contributed by atoms with Gasteiger partial charge in [0, 0.05) is 36.5 Å². The minimum atomic E-state index is -0.464. The molecule has 9 heteroatoms. The van der Waals surface area contributed by atoms with Gasteiger partial charge in [-0.1, -0.05) is 12.1 Å². The van der Waals surface area contributed by atoms with Gasteiger partial charge >= 0.3 is 0 Å². The van der Waals surface area contributed by atoms with Gasteiger partial charge in [0.25, 0.3) is 11.8 Å². The van der Waals surface area contributed by atoms with Crippen molar-refractivity contribution in [2.45, 2.75) is 31.7 Å². The Morgan fingerprint density at radius 2 is 1.71 bits per heavy atom. The van der Waals surface area contributed by atoms with E-state index >= 15 is 0 Å². The van der Waals surface area contributed by atoms with Gasteiger partial charge in [-0.2, -0.15) is 0 Å². The first kappa shape index (κ1) is 22.9. The average molecular weight is 472 g/mol. The minimum Gasteiger partial charge on any atom is -0.382 e. The molecule has 0 unspecified atom stereocenters. The highest BCUT2D eigenvalue weighted by atomic mass is 16.2. The van der Waals surface area contributed by atoms with Gasteiger partial charge in [0.15, 0.2) is 11.5 Å². The van der Waals surface area contributed by atoms with Crippen LogP contribution in [0, 0.1) is 0 Å². The number of likely N-dealkylation sites (tertiary alicyclic amines) is 2. The Labute approximate surface area is 204 Å². The Kier molecular flexibility index (Phi) is 6.67.